The number of benzene rings is 1. The van der Waals surface area contributed by atoms with Gasteiger partial charge in [-0.05, 0) is 32.8 Å². The molecule has 2 N–H and O–H groups in total. The summed E-state index contributed by atoms with van der Waals surface area (Å²) in [6.07, 6.45) is 1.77. The Morgan fingerprint density at radius 2 is 2.10 bits per heavy atom. The number of nitrogens with one attached hydrogen (secondary N) is 2. The number of rotatable bonds is 6. The highest BCUT2D eigenvalue weighted by Gasteiger charge is 2.04. The maximum Gasteiger partial charge on any atom is 0.251 e. The molecule has 0 aliphatic heterocycles. The van der Waals surface area contributed by atoms with Gasteiger partial charge in [-0.2, -0.15) is 0 Å². The Kier molecular flexibility index (Phi) is 5.28. The van der Waals surface area contributed by atoms with Crippen LogP contribution in [0, 0.1) is 13.8 Å². The third-order valence-corrected chi connectivity index (χ3v) is 3.41. The zero-order valence-corrected chi connectivity index (χ0v) is 12.9. The lowest BCUT2D eigenvalue weighted by Gasteiger charge is -2.14. The summed E-state index contributed by atoms with van der Waals surface area (Å²) in [5.41, 5.74) is 3.40. The van der Waals surface area contributed by atoms with Crippen molar-refractivity contribution in [3.8, 4) is 0 Å². The van der Waals surface area contributed by atoms with Crippen LogP contribution in [-0.2, 0) is 12.8 Å². The molecule has 0 unspecified atom stereocenters. The van der Waals surface area contributed by atoms with Crippen molar-refractivity contribution in [2.24, 2.45) is 0 Å². The van der Waals surface area contributed by atoms with E-state index in [4.69, 9.17) is 0 Å². The number of aryl methyl sites for hydroxylation is 2. The normalized spacial score (nSPS) is 12.3. The molecule has 4 nitrogen and oxygen atoms in total. The number of H-pyrrole nitrogens is 1. The third kappa shape index (κ3) is 5.16. The highest BCUT2D eigenvalue weighted by Crippen LogP contribution is 2.06. The van der Waals surface area contributed by atoms with Gasteiger partial charge in [-0.15, -0.1) is 0 Å². The van der Waals surface area contributed by atoms with Gasteiger partial charge < -0.3 is 10.3 Å². The van der Waals surface area contributed by atoms with E-state index in [1.165, 1.54) is 11.1 Å². The third-order valence-electron chi connectivity index (χ3n) is 3.41. The second-order valence-corrected chi connectivity index (χ2v) is 5.62. The van der Waals surface area contributed by atoms with Crippen LogP contribution < -0.4 is 10.9 Å². The summed E-state index contributed by atoms with van der Waals surface area (Å²) in [7, 11) is 0. The first kappa shape index (κ1) is 15.4. The highest BCUT2D eigenvalue weighted by atomic mass is 16.1. The molecule has 1 heterocycles. The van der Waals surface area contributed by atoms with Gasteiger partial charge in [0.25, 0.3) is 5.56 Å². The van der Waals surface area contributed by atoms with Crippen LogP contribution in [0.3, 0.4) is 0 Å². The number of aromatic nitrogens is 2. The first-order valence-electron chi connectivity index (χ1n) is 7.38. The van der Waals surface area contributed by atoms with Gasteiger partial charge in [0.15, 0.2) is 0 Å². The Hall–Kier alpha value is -1.94. The molecule has 0 radical (unpaired) electrons. The van der Waals surface area contributed by atoms with Gasteiger partial charge >= 0.3 is 0 Å². The second-order valence-electron chi connectivity index (χ2n) is 5.62. The van der Waals surface area contributed by atoms with E-state index in [1.54, 1.807) is 13.0 Å². The first-order chi connectivity index (χ1) is 10.0. The van der Waals surface area contributed by atoms with Crippen LogP contribution in [0.2, 0.25) is 0 Å². The lowest BCUT2D eigenvalue weighted by atomic mass is 10.0. The minimum absolute atomic E-state index is 0.0784. The van der Waals surface area contributed by atoms with Crippen molar-refractivity contribution in [2.75, 3.05) is 6.54 Å². The van der Waals surface area contributed by atoms with E-state index in [9.17, 15) is 4.79 Å². The fourth-order valence-corrected chi connectivity index (χ4v) is 2.48. The summed E-state index contributed by atoms with van der Waals surface area (Å²) in [6, 6.07) is 10.6. The SMILES string of the molecule is Cc1cccc(C[C@H](C)NCCc2cc(=O)[nH]c(C)n2)c1. The van der Waals surface area contributed by atoms with Crippen LogP contribution >= 0.6 is 0 Å². The van der Waals surface area contributed by atoms with Crippen molar-refractivity contribution in [3.63, 3.8) is 0 Å². The van der Waals surface area contributed by atoms with Crippen molar-refractivity contribution in [1.29, 1.82) is 0 Å². The van der Waals surface area contributed by atoms with Gasteiger partial charge in [0.2, 0.25) is 0 Å². The molecule has 0 amide bonds. The quantitative estimate of drug-likeness (QED) is 0.855. The monoisotopic (exact) mass is 285 g/mol. The molecule has 4 heteroatoms. The molecular formula is C17H23N3O. The van der Waals surface area contributed by atoms with Gasteiger partial charge in [0.1, 0.15) is 5.82 Å². The van der Waals surface area contributed by atoms with E-state index in [2.05, 4.69) is 53.4 Å². The Labute approximate surface area is 125 Å². The van der Waals surface area contributed by atoms with E-state index < -0.39 is 0 Å². The van der Waals surface area contributed by atoms with Gasteiger partial charge in [-0.3, -0.25) is 4.79 Å². The minimum atomic E-state index is -0.0784. The summed E-state index contributed by atoms with van der Waals surface area (Å²) in [4.78, 5) is 18.4. The highest BCUT2D eigenvalue weighted by molar-refractivity contribution is 5.22. The predicted octanol–water partition coefficient (Wildman–Crippen LogP) is 2.15. The Bertz CT molecular complexity index is 648. The summed E-state index contributed by atoms with van der Waals surface area (Å²) >= 11 is 0. The van der Waals surface area contributed by atoms with Crippen LogP contribution in [0.25, 0.3) is 0 Å². The minimum Gasteiger partial charge on any atom is -0.314 e. The van der Waals surface area contributed by atoms with Gasteiger partial charge in [-0.25, -0.2) is 4.98 Å². The molecule has 0 bridgehead atoms. The maximum atomic E-state index is 11.4. The smallest absolute Gasteiger partial charge is 0.251 e. The van der Waals surface area contributed by atoms with E-state index in [-0.39, 0.29) is 5.56 Å². The number of nitrogens with zero attached hydrogens (tertiary/aromatic N) is 1. The van der Waals surface area contributed by atoms with Crippen molar-refractivity contribution >= 4 is 0 Å². The standard InChI is InChI=1S/C17H23N3O/c1-12-5-4-6-15(9-12)10-13(2)18-8-7-16-11-17(21)20-14(3)19-16/h4-6,9,11,13,18H,7-8,10H2,1-3H3,(H,19,20,21)/t13-/m0/s1. The van der Waals surface area contributed by atoms with E-state index in [0.717, 1.165) is 25.1 Å². The van der Waals surface area contributed by atoms with Crippen molar-refractivity contribution in [1.82, 2.24) is 15.3 Å². The topological polar surface area (TPSA) is 57.8 Å². The van der Waals surface area contributed by atoms with Crippen molar-refractivity contribution < 1.29 is 0 Å². The Morgan fingerprint density at radius 3 is 2.81 bits per heavy atom. The van der Waals surface area contributed by atoms with Gasteiger partial charge in [0.05, 0.1) is 0 Å². The summed E-state index contributed by atoms with van der Waals surface area (Å²) in [6.45, 7) is 6.92. The molecule has 1 aromatic carbocycles. The predicted molar refractivity (Wildman–Crippen MR) is 85.6 cm³/mol. The van der Waals surface area contributed by atoms with E-state index >= 15 is 0 Å². The van der Waals surface area contributed by atoms with Crippen molar-refractivity contribution in [2.45, 2.75) is 39.7 Å². The van der Waals surface area contributed by atoms with Crippen LogP contribution in [0.15, 0.2) is 35.1 Å². The molecule has 0 saturated carbocycles. The lowest BCUT2D eigenvalue weighted by molar-refractivity contribution is 0.545. The fourth-order valence-electron chi connectivity index (χ4n) is 2.48. The lowest BCUT2D eigenvalue weighted by Crippen LogP contribution is -2.30. The largest absolute Gasteiger partial charge is 0.314 e. The molecule has 0 aliphatic rings. The van der Waals surface area contributed by atoms with Gasteiger partial charge in [0, 0.05) is 30.8 Å². The molecule has 0 spiro atoms. The van der Waals surface area contributed by atoms with Crippen LogP contribution in [0.5, 0.6) is 0 Å². The van der Waals surface area contributed by atoms with E-state index in [0.29, 0.717) is 11.9 Å². The Morgan fingerprint density at radius 1 is 1.29 bits per heavy atom. The number of hydrogen-bond acceptors (Lipinski definition) is 3. The number of hydrogen-bond donors (Lipinski definition) is 2. The molecule has 0 saturated heterocycles. The summed E-state index contributed by atoms with van der Waals surface area (Å²) < 4.78 is 0. The second kappa shape index (κ2) is 7.18. The maximum absolute atomic E-state index is 11.4. The van der Waals surface area contributed by atoms with E-state index in [1.807, 2.05) is 0 Å². The molecule has 1 aromatic heterocycles. The molecule has 2 aromatic rings. The first-order valence-corrected chi connectivity index (χ1v) is 7.38. The molecule has 0 aliphatic carbocycles. The summed E-state index contributed by atoms with van der Waals surface area (Å²) in [5.74, 6) is 0.672. The summed E-state index contributed by atoms with van der Waals surface area (Å²) in [5, 5.41) is 3.49. The fraction of sp³-hybridized carbons (Fsp3) is 0.412. The van der Waals surface area contributed by atoms with Crippen LogP contribution in [0.1, 0.15) is 29.6 Å². The molecule has 112 valence electrons. The zero-order chi connectivity index (χ0) is 15.2. The molecule has 2 rings (SSSR count). The zero-order valence-electron chi connectivity index (χ0n) is 12.9. The average molecular weight is 285 g/mol. The van der Waals surface area contributed by atoms with Crippen LogP contribution in [-0.4, -0.2) is 22.6 Å². The Balaban J connectivity index is 1.81. The number of aromatic amines is 1. The molecular weight excluding hydrogens is 262 g/mol. The molecule has 0 fully saturated rings. The van der Waals surface area contributed by atoms with Crippen LogP contribution in [0.4, 0.5) is 0 Å². The van der Waals surface area contributed by atoms with Crippen molar-refractivity contribution in [3.05, 3.63) is 63.3 Å². The molecule has 21 heavy (non-hydrogen) atoms. The molecule has 1 atom stereocenters. The van der Waals surface area contributed by atoms with Gasteiger partial charge in [-0.1, -0.05) is 29.8 Å². The average Bonchev–Trinajstić information content (AvgIpc) is 2.37.